The smallest absolute Gasteiger partial charge is 0.300 e. The molecule has 0 aromatic carbocycles. The van der Waals surface area contributed by atoms with Crippen molar-refractivity contribution < 1.29 is 9.90 Å². The van der Waals surface area contributed by atoms with Crippen LogP contribution in [-0.2, 0) is 4.79 Å². The highest BCUT2D eigenvalue weighted by atomic mass is 16.4. The Balaban J connectivity index is 0.000000423. The molecule has 1 rings (SSSR count). The van der Waals surface area contributed by atoms with Gasteiger partial charge in [-0.1, -0.05) is 25.0 Å². The molecule has 1 aliphatic rings. The number of carbonyl (C=O) groups is 1. The van der Waals surface area contributed by atoms with Gasteiger partial charge in [-0.2, -0.15) is 0 Å². The van der Waals surface area contributed by atoms with Gasteiger partial charge in [0.1, 0.15) is 0 Å². The first kappa shape index (κ1) is 13.8. The molecule has 0 atom stereocenters. The Kier molecular flexibility index (Phi) is 7.42. The monoisotopic (exact) mass is 211 g/mol. The van der Waals surface area contributed by atoms with E-state index < -0.39 is 5.97 Å². The predicted molar refractivity (Wildman–Crippen MR) is 62.7 cm³/mol. The van der Waals surface area contributed by atoms with Crippen LogP contribution in [-0.4, -0.2) is 29.1 Å². The highest BCUT2D eigenvalue weighted by molar-refractivity contribution is 5.62. The molecule has 86 valence electrons. The lowest BCUT2D eigenvalue weighted by molar-refractivity contribution is -0.134. The van der Waals surface area contributed by atoms with Crippen LogP contribution in [0.4, 0.5) is 0 Å². The van der Waals surface area contributed by atoms with E-state index in [0.717, 1.165) is 13.5 Å². The maximum absolute atomic E-state index is 9.00. The third-order valence-corrected chi connectivity index (χ3v) is 1.93. The second-order valence-corrected chi connectivity index (χ2v) is 3.70. The number of rotatable bonds is 3. The van der Waals surface area contributed by atoms with E-state index >= 15 is 0 Å². The molecule has 0 aromatic rings. The van der Waals surface area contributed by atoms with Gasteiger partial charge in [0, 0.05) is 20.0 Å². The zero-order chi connectivity index (χ0) is 11.7. The number of unbranched alkanes of at least 4 members (excludes halogenated alkanes) is 1. The number of carboxylic acid groups (broad SMARTS) is 1. The van der Waals surface area contributed by atoms with E-state index in [1.165, 1.54) is 25.0 Å². The SMILES string of the molecule is CC(=O)O.CCCCN1C=CC=C(C)C1. The standard InChI is InChI=1S/C10H17N.C2H4O2/c1-3-4-7-11-8-5-6-10(2)9-11;1-2(3)4/h5-6,8H,3-4,7,9H2,1-2H3;1H3,(H,3,4). The summed E-state index contributed by atoms with van der Waals surface area (Å²) in [5.74, 6) is -0.833. The molecule has 0 saturated heterocycles. The van der Waals surface area contributed by atoms with Crippen LogP contribution in [0.1, 0.15) is 33.6 Å². The fourth-order valence-electron chi connectivity index (χ4n) is 1.27. The summed E-state index contributed by atoms with van der Waals surface area (Å²) < 4.78 is 0. The minimum Gasteiger partial charge on any atom is -0.481 e. The topological polar surface area (TPSA) is 40.5 Å². The van der Waals surface area contributed by atoms with Crippen molar-refractivity contribution in [2.24, 2.45) is 0 Å². The van der Waals surface area contributed by atoms with Crippen LogP contribution in [0.25, 0.3) is 0 Å². The minimum absolute atomic E-state index is 0.833. The van der Waals surface area contributed by atoms with Gasteiger partial charge in [-0.05, 0) is 25.6 Å². The van der Waals surface area contributed by atoms with E-state index in [1.807, 2.05) is 0 Å². The Morgan fingerprint density at radius 1 is 1.60 bits per heavy atom. The highest BCUT2D eigenvalue weighted by Gasteiger charge is 2.01. The Morgan fingerprint density at radius 2 is 2.20 bits per heavy atom. The lowest BCUT2D eigenvalue weighted by Crippen LogP contribution is -2.22. The summed E-state index contributed by atoms with van der Waals surface area (Å²) in [6.07, 6.45) is 9.09. The molecule has 1 aliphatic heterocycles. The van der Waals surface area contributed by atoms with Gasteiger partial charge in [-0.3, -0.25) is 4.79 Å². The van der Waals surface area contributed by atoms with Crippen molar-refractivity contribution in [3.63, 3.8) is 0 Å². The normalized spacial score (nSPS) is 14.1. The summed E-state index contributed by atoms with van der Waals surface area (Å²) in [4.78, 5) is 11.4. The second-order valence-electron chi connectivity index (χ2n) is 3.70. The summed E-state index contributed by atoms with van der Waals surface area (Å²) >= 11 is 0. The van der Waals surface area contributed by atoms with Gasteiger partial charge in [-0.15, -0.1) is 0 Å². The van der Waals surface area contributed by atoms with Crippen LogP contribution in [0.15, 0.2) is 23.9 Å². The molecular formula is C12H21NO2. The Hall–Kier alpha value is -1.25. The molecule has 3 nitrogen and oxygen atoms in total. The van der Waals surface area contributed by atoms with Crippen LogP contribution in [0.5, 0.6) is 0 Å². The lowest BCUT2D eigenvalue weighted by atomic mass is 10.2. The average Bonchev–Trinajstić information content (AvgIpc) is 2.14. The maximum Gasteiger partial charge on any atom is 0.300 e. The fourth-order valence-corrected chi connectivity index (χ4v) is 1.27. The molecule has 0 radical (unpaired) electrons. The summed E-state index contributed by atoms with van der Waals surface area (Å²) in [5.41, 5.74) is 1.46. The first-order valence-electron chi connectivity index (χ1n) is 5.33. The third kappa shape index (κ3) is 9.06. The summed E-state index contributed by atoms with van der Waals surface area (Å²) in [6.45, 7) is 7.83. The second kappa shape index (κ2) is 8.09. The van der Waals surface area contributed by atoms with E-state index in [0.29, 0.717) is 0 Å². The Bertz CT molecular complexity index is 240. The van der Waals surface area contributed by atoms with Crippen molar-refractivity contribution in [1.29, 1.82) is 0 Å². The molecule has 0 aromatic heterocycles. The van der Waals surface area contributed by atoms with Gasteiger partial charge in [0.05, 0.1) is 0 Å². The van der Waals surface area contributed by atoms with Crippen molar-refractivity contribution in [3.8, 4) is 0 Å². The van der Waals surface area contributed by atoms with E-state index in [2.05, 4.69) is 37.1 Å². The molecule has 1 heterocycles. The molecule has 0 fully saturated rings. The number of hydrogen-bond acceptors (Lipinski definition) is 2. The van der Waals surface area contributed by atoms with Crippen molar-refractivity contribution in [1.82, 2.24) is 4.90 Å². The zero-order valence-corrected chi connectivity index (χ0v) is 9.86. The van der Waals surface area contributed by atoms with E-state index in [1.54, 1.807) is 0 Å². The van der Waals surface area contributed by atoms with Crippen molar-refractivity contribution >= 4 is 5.97 Å². The number of hydrogen-bond donors (Lipinski definition) is 1. The van der Waals surface area contributed by atoms with Crippen LogP contribution in [0.2, 0.25) is 0 Å². The average molecular weight is 211 g/mol. The number of carboxylic acids is 1. The molecule has 0 saturated carbocycles. The molecule has 3 heteroatoms. The molecule has 0 aliphatic carbocycles. The fraction of sp³-hybridized carbons (Fsp3) is 0.583. The van der Waals surface area contributed by atoms with Crippen LogP contribution >= 0.6 is 0 Å². The van der Waals surface area contributed by atoms with Crippen LogP contribution in [0, 0.1) is 0 Å². The Labute approximate surface area is 92.1 Å². The van der Waals surface area contributed by atoms with Gasteiger partial charge >= 0.3 is 0 Å². The first-order valence-corrected chi connectivity index (χ1v) is 5.33. The third-order valence-electron chi connectivity index (χ3n) is 1.93. The van der Waals surface area contributed by atoms with E-state index in [-0.39, 0.29) is 0 Å². The molecular weight excluding hydrogens is 190 g/mol. The zero-order valence-electron chi connectivity index (χ0n) is 9.86. The summed E-state index contributed by atoms with van der Waals surface area (Å²) in [5, 5.41) is 7.42. The largest absolute Gasteiger partial charge is 0.481 e. The highest BCUT2D eigenvalue weighted by Crippen LogP contribution is 2.06. The molecule has 0 amide bonds. The number of aliphatic carboxylic acids is 1. The van der Waals surface area contributed by atoms with Gasteiger partial charge in [0.15, 0.2) is 0 Å². The number of nitrogens with zero attached hydrogens (tertiary/aromatic N) is 1. The van der Waals surface area contributed by atoms with Gasteiger partial charge in [0.25, 0.3) is 5.97 Å². The van der Waals surface area contributed by atoms with Gasteiger partial charge in [-0.25, -0.2) is 0 Å². The van der Waals surface area contributed by atoms with Crippen LogP contribution in [0.3, 0.4) is 0 Å². The van der Waals surface area contributed by atoms with Gasteiger partial charge < -0.3 is 10.0 Å². The van der Waals surface area contributed by atoms with Crippen molar-refractivity contribution in [3.05, 3.63) is 23.9 Å². The number of allylic oxidation sites excluding steroid dienone is 2. The van der Waals surface area contributed by atoms with E-state index in [4.69, 9.17) is 9.90 Å². The molecule has 0 unspecified atom stereocenters. The Morgan fingerprint density at radius 3 is 2.67 bits per heavy atom. The van der Waals surface area contributed by atoms with Gasteiger partial charge in [0.2, 0.25) is 0 Å². The van der Waals surface area contributed by atoms with Crippen molar-refractivity contribution in [2.45, 2.75) is 33.6 Å². The van der Waals surface area contributed by atoms with Crippen LogP contribution < -0.4 is 0 Å². The summed E-state index contributed by atoms with van der Waals surface area (Å²) in [7, 11) is 0. The molecule has 0 bridgehead atoms. The minimum atomic E-state index is -0.833. The first-order chi connectivity index (χ1) is 7.06. The molecule has 1 N–H and O–H groups in total. The van der Waals surface area contributed by atoms with E-state index in [9.17, 15) is 0 Å². The lowest BCUT2D eigenvalue weighted by Gasteiger charge is -2.22. The predicted octanol–water partition coefficient (Wildman–Crippen LogP) is 2.65. The molecule has 0 spiro atoms. The summed E-state index contributed by atoms with van der Waals surface area (Å²) in [6, 6.07) is 0. The van der Waals surface area contributed by atoms with Crippen molar-refractivity contribution in [2.75, 3.05) is 13.1 Å². The maximum atomic E-state index is 9.00. The quantitative estimate of drug-likeness (QED) is 0.780. The molecule has 15 heavy (non-hydrogen) atoms.